The highest BCUT2D eigenvalue weighted by Crippen LogP contribution is 2.36. The molecule has 8 nitrogen and oxygen atoms in total. The third-order valence-electron chi connectivity index (χ3n) is 5.22. The highest BCUT2D eigenvalue weighted by molar-refractivity contribution is 6.03. The SMILES string of the molecule is COc1cc(N(C)C)cc(OC)c1C=CC(=O)C=C(O)C=Cc1c(OC)cc(N(C)C)cc1OC. The fourth-order valence-electron chi connectivity index (χ4n) is 3.27. The van der Waals surface area contributed by atoms with Crippen LogP contribution in [0.3, 0.4) is 0 Å². The van der Waals surface area contributed by atoms with Crippen LogP contribution in [0.5, 0.6) is 23.0 Å². The Balaban J connectivity index is 2.30. The van der Waals surface area contributed by atoms with Crippen LogP contribution < -0.4 is 28.7 Å². The van der Waals surface area contributed by atoms with E-state index in [0.717, 1.165) is 17.5 Å². The number of carbonyl (C=O) groups is 1. The molecule has 188 valence electrons. The highest BCUT2D eigenvalue weighted by Gasteiger charge is 2.13. The van der Waals surface area contributed by atoms with Crippen LogP contribution in [-0.4, -0.2) is 67.5 Å². The number of benzene rings is 2. The molecular weight excluding hydrogens is 448 g/mol. The molecule has 0 aromatic heterocycles. The van der Waals surface area contributed by atoms with Gasteiger partial charge in [-0.2, -0.15) is 0 Å². The largest absolute Gasteiger partial charge is 0.508 e. The summed E-state index contributed by atoms with van der Waals surface area (Å²) in [6.07, 6.45) is 7.10. The zero-order valence-corrected chi connectivity index (χ0v) is 21.6. The normalized spacial score (nSPS) is 11.6. The molecule has 0 heterocycles. The van der Waals surface area contributed by atoms with Gasteiger partial charge in [-0.25, -0.2) is 0 Å². The maximum absolute atomic E-state index is 12.5. The fourth-order valence-corrected chi connectivity index (χ4v) is 3.27. The van der Waals surface area contributed by atoms with Crippen LogP contribution in [0, 0.1) is 0 Å². The average Bonchev–Trinajstić information content (AvgIpc) is 2.84. The first-order chi connectivity index (χ1) is 16.6. The average molecular weight is 483 g/mol. The lowest BCUT2D eigenvalue weighted by Gasteiger charge is -2.17. The number of anilines is 2. The molecule has 0 atom stereocenters. The zero-order valence-electron chi connectivity index (χ0n) is 21.6. The van der Waals surface area contributed by atoms with Gasteiger partial charge >= 0.3 is 0 Å². The number of nitrogens with zero attached hydrogens (tertiary/aromatic N) is 2. The summed E-state index contributed by atoms with van der Waals surface area (Å²) < 4.78 is 21.9. The van der Waals surface area contributed by atoms with Crippen molar-refractivity contribution in [1.82, 2.24) is 0 Å². The number of carbonyl (C=O) groups excluding carboxylic acids is 1. The van der Waals surface area contributed by atoms with Crippen molar-refractivity contribution in [2.45, 2.75) is 0 Å². The Morgan fingerprint density at radius 3 is 1.34 bits per heavy atom. The Hall–Kier alpha value is -4.07. The molecule has 8 heteroatoms. The Labute approximate surface area is 207 Å². The summed E-state index contributed by atoms with van der Waals surface area (Å²) in [5, 5.41) is 10.3. The Morgan fingerprint density at radius 2 is 1.03 bits per heavy atom. The van der Waals surface area contributed by atoms with E-state index in [1.54, 1.807) is 40.6 Å². The maximum Gasteiger partial charge on any atom is 0.182 e. The quantitative estimate of drug-likeness (QED) is 0.283. The maximum atomic E-state index is 12.5. The molecule has 0 radical (unpaired) electrons. The molecule has 0 spiro atoms. The molecule has 0 bridgehead atoms. The van der Waals surface area contributed by atoms with Crippen molar-refractivity contribution < 1.29 is 28.8 Å². The summed E-state index contributed by atoms with van der Waals surface area (Å²) in [4.78, 5) is 16.3. The monoisotopic (exact) mass is 482 g/mol. The van der Waals surface area contributed by atoms with Crippen molar-refractivity contribution in [3.05, 3.63) is 59.4 Å². The van der Waals surface area contributed by atoms with E-state index in [4.69, 9.17) is 18.9 Å². The molecule has 0 amide bonds. The van der Waals surface area contributed by atoms with E-state index in [1.165, 1.54) is 12.2 Å². The summed E-state index contributed by atoms with van der Waals surface area (Å²) in [6.45, 7) is 0. The molecule has 0 saturated heterocycles. The van der Waals surface area contributed by atoms with E-state index in [-0.39, 0.29) is 5.76 Å². The number of ketones is 1. The molecule has 0 aliphatic heterocycles. The van der Waals surface area contributed by atoms with Crippen molar-refractivity contribution in [1.29, 1.82) is 0 Å². The van der Waals surface area contributed by atoms with Crippen LogP contribution in [0.15, 0.2) is 48.3 Å². The van der Waals surface area contributed by atoms with Gasteiger partial charge in [-0.3, -0.25) is 4.79 Å². The second-order valence-corrected chi connectivity index (χ2v) is 7.96. The lowest BCUT2D eigenvalue weighted by molar-refractivity contribution is -0.110. The molecular formula is C27H34N2O6. The first-order valence-electron chi connectivity index (χ1n) is 10.8. The zero-order chi connectivity index (χ0) is 26.1. The molecule has 0 fully saturated rings. The smallest absolute Gasteiger partial charge is 0.182 e. The minimum Gasteiger partial charge on any atom is -0.508 e. The van der Waals surface area contributed by atoms with E-state index in [2.05, 4.69) is 0 Å². The van der Waals surface area contributed by atoms with Crippen molar-refractivity contribution >= 4 is 29.3 Å². The third-order valence-corrected chi connectivity index (χ3v) is 5.22. The highest BCUT2D eigenvalue weighted by atomic mass is 16.5. The fraction of sp³-hybridized carbons (Fsp3) is 0.296. The molecule has 0 aliphatic rings. The van der Waals surface area contributed by atoms with Crippen molar-refractivity contribution in [2.24, 2.45) is 0 Å². The molecule has 0 aliphatic carbocycles. The number of hydrogen-bond acceptors (Lipinski definition) is 8. The van der Waals surface area contributed by atoms with Crippen LogP contribution in [0.1, 0.15) is 11.1 Å². The van der Waals surface area contributed by atoms with E-state index in [1.807, 2.05) is 62.3 Å². The van der Waals surface area contributed by atoms with Gasteiger partial charge < -0.3 is 33.9 Å². The van der Waals surface area contributed by atoms with Gasteiger partial charge in [0.25, 0.3) is 0 Å². The van der Waals surface area contributed by atoms with E-state index in [9.17, 15) is 9.90 Å². The predicted octanol–water partition coefficient (Wildman–Crippen LogP) is 4.59. The van der Waals surface area contributed by atoms with Gasteiger partial charge in [-0.15, -0.1) is 0 Å². The van der Waals surface area contributed by atoms with Crippen LogP contribution in [0.2, 0.25) is 0 Å². The number of methoxy groups -OCH3 is 4. The molecule has 35 heavy (non-hydrogen) atoms. The molecule has 0 saturated carbocycles. The number of aliphatic hydroxyl groups is 1. The molecule has 1 N–H and O–H groups in total. The minimum absolute atomic E-state index is 0.220. The van der Waals surface area contributed by atoms with Gasteiger partial charge in [0, 0.05) is 69.9 Å². The van der Waals surface area contributed by atoms with E-state index < -0.39 is 5.78 Å². The lowest BCUT2D eigenvalue weighted by Crippen LogP contribution is -2.09. The molecule has 2 aromatic carbocycles. The Bertz CT molecular complexity index is 1080. The molecule has 2 rings (SSSR count). The Kier molecular flexibility index (Phi) is 9.64. The van der Waals surface area contributed by atoms with Gasteiger partial charge in [0.1, 0.15) is 28.8 Å². The van der Waals surface area contributed by atoms with E-state index in [0.29, 0.717) is 34.1 Å². The van der Waals surface area contributed by atoms with Crippen LogP contribution in [0.25, 0.3) is 12.2 Å². The summed E-state index contributed by atoms with van der Waals surface area (Å²) in [7, 11) is 13.9. The molecule has 2 aromatic rings. The second kappa shape index (κ2) is 12.4. The third kappa shape index (κ3) is 6.96. The number of aliphatic hydroxyl groups excluding tert-OH is 1. The van der Waals surface area contributed by atoms with Crippen molar-refractivity contribution in [3.8, 4) is 23.0 Å². The number of hydrogen-bond donors (Lipinski definition) is 1. The summed E-state index contributed by atoms with van der Waals surface area (Å²) in [6, 6.07) is 7.43. The minimum atomic E-state index is -0.408. The van der Waals surface area contributed by atoms with E-state index >= 15 is 0 Å². The number of ether oxygens (including phenoxy) is 4. The van der Waals surface area contributed by atoms with Crippen molar-refractivity contribution in [2.75, 3.05) is 66.4 Å². The van der Waals surface area contributed by atoms with Crippen LogP contribution in [0.4, 0.5) is 11.4 Å². The first-order valence-corrected chi connectivity index (χ1v) is 10.8. The topological polar surface area (TPSA) is 80.7 Å². The number of allylic oxidation sites excluding steroid dienone is 3. The summed E-state index contributed by atoms with van der Waals surface area (Å²) >= 11 is 0. The lowest BCUT2D eigenvalue weighted by atomic mass is 10.1. The van der Waals surface area contributed by atoms with Gasteiger partial charge in [-0.05, 0) is 24.3 Å². The Morgan fingerprint density at radius 1 is 0.686 bits per heavy atom. The van der Waals surface area contributed by atoms with Crippen LogP contribution >= 0.6 is 0 Å². The van der Waals surface area contributed by atoms with Gasteiger partial charge in [0.2, 0.25) is 0 Å². The number of rotatable bonds is 11. The summed E-state index contributed by atoms with van der Waals surface area (Å²) in [5.74, 6) is 1.64. The second-order valence-electron chi connectivity index (χ2n) is 7.96. The predicted molar refractivity (Wildman–Crippen MR) is 142 cm³/mol. The van der Waals surface area contributed by atoms with Crippen LogP contribution in [-0.2, 0) is 4.79 Å². The standard InChI is InChI=1S/C27H34N2O6/c1-28(2)18-13-24(32-5)22(25(14-18)33-6)11-9-20(30)17-21(31)10-12-23-26(34-7)15-19(29(3)4)16-27(23)35-8/h9-17,30H,1-8H3. The van der Waals surface area contributed by atoms with Gasteiger partial charge in [-0.1, -0.05) is 0 Å². The molecule has 0 unspecified atom stereocenters. The van der Waals surface area contributed by atoms with Crippen molar-refractivity contribution in [3.63, 3.8) is 0 Å². The van der Waals surface area contributed by atoms with Gasteiger partial charge in [0.05, 0.1) is 39.6 Å². The summed E-state index contributed by atoms with van der Waals surface area (Å²) in [5.41, 5.74) is 3.06. The van der Waals surface area contributed by atoms with Gasteiger partial charge in [0.15, 0.2) is 5.78 Å². The first kappa shape index (κ1) is 27.2.